The molecule has 0 saturated carbocycles. The van der Waals surface area contributed by atoms with Crippen molar-refractivity contribution in [2.45, 2.75) is 19.9 Å². The molecule has 2 rings (SSSR count). The van der Waals surface area contributed by atoms with Crippen molar-refractivity contribution in [3.63, 3.8) is 0 Å². The predicted octanol–water partition coefficient (Wildman–Crippen LogP) is 4.87. The second kappa shape index (κ2) is 5.77. The summed E-state index contributed by atoms with van der Waals surface area (Å²) in [7, 11) is 0. The normalized spacial score (nSPS) is 11.1. The zero-order valence-corrected chi connectivity index (χ0v) is 14.3. The van der Waals surface area contributed by atoms with Gasteiger partial charge in [0, 0.05) is 16.1 Å². The molecule has 2 aromatic rings. The van der Waals surface area contributed by atoms with Gasteiger partial charge in [-0.15, -0.1) is 0 Å². The maximum absolute atomic E-state index is 12.6. The van der Waals surface area contributed by atoms with Gasteiger partial charge in [0.05, 0.1) is 15.7 Å². The maximum Gasteiger partial charge on any atom is 0.212 e. The second-order valence-electron chi connectivity index (χ2n) is 4.34. The molecule has 0 amide bonds. The predicted molar refractivity (Wildman–Crippen MR) is 82.9 cm³/mol. The summed E-state index contributed by atoms with van der Waals surface area (Å²) in [4.78, 5) is 12.6. The van der Waals surface area contributed by atoms with Gasteiger partial charge < -0.3 is 0 Å². The minimum Gasteiger partial charge on any atom is -0.287 e. The average molecular weight is 407 g/mol. The lowest BCUT2D eigenvalue weighted by Crippen LogP contribution is -2.14. The fraction of sp³-hybridized carbons (Fsp3) is 0.231. The largest absolute Gasteiger partial charge is 0.287 e. The van der Waals surface area contributed by atoms with Gasteiger partial charge in [-0.1, -0.05) is 11.6 Å². The molecular weight excluding hydrogens is 395 g/mol. The van der Waals surface area contributed by atoms with E-state index in [2.05, 4.69) is 37.0 Å². The third-order valence-electron chi connectivity index (χ3n) is 2.64. The van der Waals surface area contributed by atoms with Crippen molar-refractivity contribution in [1.29, 1.82) is 0 Å². The van der Waals surface area contributed by atoms with E-state index in [-0.39, 0.29) is 11.8 Å². The molecule has 3 nitrogen and oxygen atoms in total. The van der Waals surface area contributed by atoms with E-state index in [9.17, 15) is 4.79 Å². The van der Waals surface area contributed by atoms with Gasteiger partial charge in [0.25, 0.3) is 0 Å². The Morgan fingerprint density at radius 3 is 2.58 bits per heavy atom. The van der Waals surface area contributed by atoms with Crippen LogP contribution in [0.25, 0.3) is 0 Å². The molecular formula is C13H11Br2ClN2O. The zero-order chi connectivity index (χ0) is 14.2. The van der Waals surface area contributed by atoms with Gasteiger partial charge in [-0.3, -0.25) is 9.48 Å². The highest BCUT2D eigenvalue weighted by Crippen LogP contribution is 2.27. The van der Waals surface area contributed by atoms with Gasteiger partial charge in [0.15, 0.2) is 0 Å². The number of hydrogen-bond acceptors (Lipinski definition) is 2. The fourth-order valence-electron chi connectivity index (χ4n) is 1.72. The van der Waals surface area contributed by atoms with Crippen LogP contribution in [0.3, 0.4) is 0 Å². The van der Waals surface area contributed by atoms with Gasteiger partial charge in [-0.25, -0.2) is 0 Å². The van der Waals surface area contributed by atoms with Crippen LogP contribution in [0.5, 0.6) is 0 Å². The van der Waals surface area contributed by atoms with Crippen molar-refractivity contribution in [1.82, 2.24) is 9.78 Å². The Hall–Kier alpha value is -0.650. The highest BCUT2D eigenvalue weighted by atomic mass is 79.9. The van der Waals surface area contributed by atoms with E-state index in [4.69, 9.17) is 11.6 Å². The fourth-order valence-corrected chi connectivity index (χ4v) is 2.67. The molecule has 1 heterocycles. The third kappa shape index (κ3) is 2.93. The standard InChI is InChI=1S/C13H11Br2ClN2O/c1-7(2)18-12(10(15)6-17-18)13(19)8-3-4-11(16)9(14)5-8/h3-7H,1-2H3. The monoisotopic (exact) mass is 404 g/mol. The molecule has 0 bridgehead atoms. The van der Waals surface area contributed by atoms with Crippen LogP contribution in [0.1, 0.15) is 35.9 Å². The van der Waals surface area contributed by atoms with E-state index in [1.807, 2.05) is 13.8 Å². The van der Waals surface area contributed by atoms with Crippen molar-refractivity contribution in [2.75, 3.05) is 0 Å². The number of carbonyl (C=O) groups is 1. The van der Waals surface area contributed by atoms with Gasteiger partial charge in [-0.05, 0) is 63.9 Å². The summed E-state index contributed by atoms with van der Waals surface area (Å²) in [5, 5.41) is 4.79. The Balaban J connectivity index is 2.49. The molecule has 6 heteroatoms. The van der Waals surface area contributed by atoms with Crippen molar-refractivity contribution in [3.8, 4) is 0 Å². The van der Waals surface area contributed by atoms with E-state index >= 15 is 0 Å². The van der Waals surface area contributed by atoms with Crippen LogP contribution >= 0.6 is 43.5 Å². The summed E-state index contributed by atoms with van der Waals surface area (Å²) < 4.78 is 3.10. The van der Waals surface area contributed by atoms with Crippen LogP contribution in [0.15, 0.2) is 33.3 Å². The summed E-state index contributed by atoms with van der Waals surface area (Å²) >= 11 is 12.6. The van der Waals surface area contributed by atoms with Crippen molar-refractivity contribution in [2.24, 2.45) is 0 Å². The van der Waals surface area contributed by atoms with Crippen molar-refractivity contribution in [3.05, 3.63) is 49.6 Å². The molecule has 1 aromatic carbocycles. The van der Waals surface area contributed by atoms with Gasteiger partial charge in [0.1, 0.15) is 5.69 Å². The molecule has 19 heavy (non-hydrogen) atoms. The van der Waals surface area contributed by atoms with Crippen LogP contribution in [0, 0.1) is 0 Å². The minimum absolute atomic E-state index is 0.0876. The van der Waals surface area contributed by atoms with E-state index < -0.39 is 0 Å². The van der Waals surface area contributed by atoms with Crippen molar-refractivity contribution < 1.29 is 4.79 Å². The van der Waals surface area contributed by atoms with Crippen LogP contribution in [0.4, 0.5) is 0 Å². The Bertz CT molecular complexity index is 638. The molecule has 0 radical (unpaired) electrons. The highest BCUT2D eigenvalue weighted by molar-refractivity contribution is 9.10. The van der Waals surface area contributed by atoms with Crippen LogP contribution in [0.2, 0.25) is 5.02 Å². The number of ketones is 1. The Morgan fingerprint density at radius 2 is 2.00 bits per heavy atom. The topological polar surface area (TPSA) is 34.9 Å². The molecule has 0 unspecified atom stereocenters. The minimum atomic E-state index is -0.0876. The summed E-state index contributed by atoms with van der Waals surface area (Å²) in [5.41, 5.74) is 1.11. The molecule has 0 fully saturated rings. The third-order valence-corrected chi connectivity index (χ3v) is 4.43. The number of benzene rings is 1. The Kier molecular flexibility index (Phi) is 4.48. The number of nitrogens with zero attached hydrogens (tertiary/aromatic N) is 2. The smallest absolute Gasteiger partial charge is 0.212 e. The van der Waals surface area contributed by atoms with Gasteiger partial charge >= 0.3 is 0 Å². The molecule has 0 atom stereocenters. The lowest BCUT2D eigenvalue weighted by Gasteiger charge is -2.11. The quantitative estimate of drug-likeness (QED) is 0.682. The first kappa shape index (κ1) is 14.8. The lowest BCUT2D eigenvalue weighted by molar-refractivity contribution is 0.102. The van der Waals surface area contributed by atoms with Gasteiger partial charge in [-0.2, -0.15) is 5.10 Å². The average Bonchev–Trinajstić information content (AvgIpc) is 2.74. The maximum atomic E-state index is 12.6. The molecule has 0 aliphatic carbocycles. The van der Waals surface area contributed by atoms with E-state index in [1.54, 1.807) is 29.1 Å². The summed E-state index contributed by atoms with van der Waals surface area (Å²) in [6.45, 7) is 3.96. The van der Waals surface area contributed by atoms with Gasteiger partial charge in [0.2, 0.25) is 5.78 Å². The first-order valence-corrected chi connectivity index (χ1v) is 7.61. The van der Waals surface area contributed by atoms with Crippen LogP contribution in [-0.2, 0) is 0 Å². The van der Waals surface area contributed by atoms with Crippen molar-refractivity contribution >= 4 is 49.2 Å². The lowest BCUT2D eigenvalue weighted by atomic mass is 10.1. The number of hydrogen-bond donors (Lipinski definition) is 0. The molecule has 0 saturated heterocycles. The zero-order valence-electron chi connectivity index (χ0n) is 10.3. The first-order chi connectivity index (χ1) is 8.91. The number of halogens is 3. The molecule has 0 N–H and O–H groups in total. The molecule has 0 aliphatic heterocycles. The van der Waals surface area contributed by atoms with Crippen LogP contribution < -0.4 is 0 Å². The summed E-state index contributed by atoms with van der Waals surface area (Å²) in [6, 6.07) is 5.23. The second-order valence-corrected chi connectivity index (χ2v) is 6.45. The number of carbonyl (C=O) groups excluding carboxylic acids is 1. The summed E-state index contributed by atoms with van der Waals surface area (Å²) in [5.74, 6) is -0.0876. The van der Waals surface area contributed by atoms with E-state index in [1.165, 1.54) is 0 Å². The van der Waals surface area contributed by atoms with E-state index in [0.29, 0.717) is 25.2 Å². The number of aromatic nitrogens is 2. The Morgan fingerprint density at radius 1 is 1.32 bits per heavy atom. The molecule has 0 aliphatic rings. The molecule has 0 spiro atoms. The molecule has 1 aromatic heterocycles. The SMILES string of the molecule is CC(C)n1ncc(Br)c1C(=O)c1ccc(Cl)c(Br)c1. The summed E-state index contributed by atoms with van der Waals surface area (Å²) in [6.07, 6.45) is 1.64. The Labute approximate surface area is 133 Å². The van der Waals surface area contributed by atoms with E-state index in [0.717, 1.165) is 0 Å². The first-order valence-electron chi connectivity index (χ1n) is 5.64. The van der Waals surface area contributed by atoms with Crippen LogP contribution in [-0.4, -0.2) is 15.6 Å². The number of rotatable bonds is 3. The highest BCUT2D eigenvalue weighted by Gasteiger charge is 2.20. The molecule has 100 valence electrons.